The summed E-state index contributed by atoms with van der Waals surface area (Å²) in [6.07, 6.45) is 2.02. The minimum Gasteiger partial charge on any atom is -0.357 e. The van der Waals surface area contributed by atoms with E-state index in [4.69, 9.17) is 0 Å². The van der Waals surface area contributed by atoms with E-state index in [9.17, 15) is 8.42 Å². The van der Waals surface area contributed by atoms with Crippen LogP contribution in [0.4, 0.5) is 0 Å². The molecule has 0 spiro atoms. The third kappa shape index (κ3) is 7.74. The number of sulfone groups is 1. The van der Waals surface area contributed by atoms with Crippen molar-refractivity contribution in [3.05, 3.63) is 52.2 Å². The first-order valence-electron chi connectivity index (χ1n) is 7.81. The zero-order valence-corrected chi connectivity index (χ0v) is 18.3. The van der Waals surface area contributed by atoms with Gasteiger partial charge in [-0.2, -0.15) is 11.3 Å². The molecule has 1 aromatic heterocycles. The van der Waals surface area contributed by atoms with Crippen LogP contribution in [-0.2, 0) is 22.8 Å². The van der Waals surface area contributed by atoms with Crippen molar-refractivity contribution in [1.29, 1.82) is 0 Å². The Morgan fingerprint density at radius 3 is 2.40 bits per heavy atom. The maximum Gasteiger partial charge on any atom is 0.191 e. The molecule has 25 heavy (non-hydrogen) atoms. The maximum atomic E-state index is 11.5. The van der Waals surface area contributed by atoms with Gasteiger partial charge >= 0.3 is 0 Å². The van der Waals surface area contributed by atoms with Gasteiger partial charge in [0.2, 0.25) is 0 Å². The molecule has 0 bridgehead atoms. The van der Waals surface area contributed by atoms with Gasteiger partial charge in [0.1, 0.15) is 0 Å². The third-order valence-electron chi connectivity index (χ3n) is 3.40. The molecule has 0 saturated carbocycles. The Morgan fingerprint density at radius 2 is 1.84 bits per heavy atom. The van der Waals surface area contributed by atoms with Crippen LogP contribution in [0.25, 0.3) is 0 Å². The lowest BCUT2D eigenvalue weighted by Crippen LogP contribution is -2.38. The summed E-state index contributed by atoms with van der Waals surface area (Å²) in [5, 5.41) is 10.7. The number of hydrogen-bond acceptors (Lipinski definition) is 4. The Hall–Kier alpha value is -1.13. The summed E-state index contributed by atoms with van der Waals surface area (Å²) >= 11 is 1.67. The summed E-state index contributed by atoms with van der Waals surface area (Å²) < 4.78 is 22.9. The second-order valence-corrected chi connectivity index (χ2v) is 8.22. The predicted octanol–water partition coefficient (Wildman–Crippen LogP) is 3.07. The fourth-order valence-electron chi connectivity index (χ4n) is 2.12. The lowest BCUT2D eigenvalue weighted by atomic mass is 10.1. The van der Waals surface area contributed by atoms with Crippen LogP contribution < -0.4 is 10.6 Å². The first-order valence-corrected chi connectivity index (χ1v) is 10.6. The number of nitrogens with zero attached hydrogens (tertiary/aromatic N) is 1. The smallest absolute Gasteiger partial charge is 0.191 e. The van der Waals surface area contributed by atoms with Gasteiger partial charge in [0.15, 0.2) is 15.8 Å². The van der Waals surface area contributed by atoms with E-state index in [2.05, 4.69) is 27.1 Å². The minimum atomic E-state index is -3.13. The average molecular weight is 493 g/mol. The molecule has 8 heteroatoms. The fraction of sp³-hybridized carbons (Fsp3) is 0.353. The topological polar surface area (TPSA) is 70.6 Å². The molecular weight excluding hydrogens is 469 g/mol. The molecule has 2 rings (SSSR count). The van der Waals surface area contributed by atoms with Crippen LogP contribution in [-0.4, -0.2) is 33.7 Å². The number of halogens is 1. The Kier molecular flexibility index (Phi) is 9.44. The molecule has 0 aliphatic rings. The summed E-state index contributed by atoms with van der Waals surface area (Å²) in [6.45, 7) is 4.22. The van der Waals surface area contributed by atoms with E-state index in [-0.39, 0.29) is 24.0 Å². The first kappa shape index (κ1) is 21.9. The van der Waals surface area contributed by atoms with Crippen LogP contribution >= 0.6 is 35.3 Å². The predicted molar refractivity (Wildman–Crippen MR) is 116 cm³/mol. The van der Waals surface area contributed by atoms with Gasteiger partial charge in [-0.3, -0.25) is 0 Å². The summed E-state index contributed by atoms with van der Waals surface area (Å²) in [4.78, 5) is 4.91. The van der Waals surface area contributed by atoms with Crippen molar-refractivity contribution >= 4 is 51.1 Å². The number of hydrogen-bond donors (Lipinski definition) is 2. The second kappa shape index (κ2) is 10.8. The van der Waals surface area contributed by atoms with Crippen LogP contribution in [0.15, 0.2) is 51.0 Å². The van der Waals surface area contributed by atoms with Gasteiger partial charge in [0.25, 0.3) is 0 Å². The van der Waals surface area contributed by atoms with Gasteiger partial charge in [-0.05, 0) is 53.4 Å². The Bertz CT molecular complexity index is 758. The quantitative estimate of drug-likeness (QED) is 0.354. The number of guanidine groups is 1. The molecule has 2 N–H and O–H groups in total. The van der Waals surface area contributed by atoms with Crippen LogP contribution in [0.1, 0.15) is 18.1 Å². The van der Waals surface area contributed by atoms with E-state index in [0.717, 1.165) is 31.0 Å². The lowest BCUT2D eigenvalue weighted by molar-refractivity contribution is 0.602. The number of rotatable bonds is 7. The fourth-order valence-corrected chi connectivity index (χ4v) is 3.41. The van der Waals surface area contributed by atoms with Gasteiger partial charge < -0.3 is 10.6 Å². The Morgan fingerprint density at radius 1 is 1.12 bits per heavy atom. The normalized spacial score (nSPS) is 11.7. The van der Waals surface area contributed by atoms with E-state index in [0.29, 0.717) is 11.4 Å². The molecule has 2 aromatic rings. The average Bonchev–Trinajstić information content (AvgIpc) is 3.05. The molecule has 0 radical (unpaired) electrons. The zero-order chi connectivity index (χ0) is 17.4. The highest BCUT2D eigenvalue weighted by Gasteiger charge is 2.06. The lowest BCUT2D eigenvalue weighted by Gasteiger charge is -2.11. The van der Waals surface area contributed by atoms with E-state index in [1.807, 2.05) is 24.4 Å². The number of thiophene rings is 1. The Balaban J connectivity index is 0.00000312. The van der Waals surface area contributed by atoms with Gasteiger partial charge in [-0.25, -0.2) is 13.4 Å². The molecule has 0 aliphatic heterocycles. The van der Waals surface area contributed by atoms with Crippen molar-refractivity contribution in [3.63, 3.8) is 0 Å². The molecule has 5 nitrogen and oxygen atoms in total. The standard InChI is InChI=1S/C17H23N3O2S2.HI/c1-3-18-17(20-12-15-9-11-23-13-15)19-10-8-14-4-6-16(7-5-14)24(2,21)22;/h4-7,9,11,13H,3,8,10,12H2,1-2H3,(H2,18,19,20);1H. The number of aliphatic imine (C=N–C) groups is 1. The molecule has 0 amide bonds. The van der Waals surface area contributed by atoms with Crippen molar-refractivity contribution in [2.24, 2.45) is 4.99 Å². The molecule has 0 fully saturated rings. The highest BCUT2D eigenvalue weighted by molar-refractivity contribution is 14.0. The third-order valence-corrected chi connectivity index (χ3v) is 5.26. The summed E-state index contributed by atoms with van der Waals surface area (Å²) in [5.41, 5.74) is 2.29. The maximum absolute atomic E-state index is 11.5. The summed E-state index contributed by atoms with van der Waals surface area (Å²) in [6, 6.07) is 9.09. The van der Waals surface area contributed by atoms with Gasteiger partial charge in [-0.1, -0.05) is 12.1 Å². The molecule has 0 atom stereocenters. The van der Waals surface area contributed by atoms with Crippen LogP contribution in [0.5, 0.6) is 0 Å². The van der Waals surface area contributed by atoms with Gasteiger partial charge in [0.05, 0.1) is 11.4 Å². The number of nitrogens with one attached hydrogen (secondary N) is 2. The Labute approximate surface area is 170 Å². The molecule has 1 aromatic carbocycles. The molecule has 0 aliphatic carbocycles. The highest BCUT2D eigenvalue weighted by Crippen LogP contribution is 2.10. The van der Waals surface area contributed by atoms with E-state index in [1.165, 1.54) is 11.8 Å². The van der Waals surface area contributed by atoms with E-state index < -0.39 is 9.84 Å². The van der Waals surface area contributed by atoms with Crippen LogP contribution in [0.3, 0.4) is 0 Å². The summed E-state index contributed by atoms with van der Waals surface area (Å²) in [7, 11) is -3.13. The molecular formula is C17H24IN3O2S2. The second-order valence-electron chi connectivity index (χ2n) is 5.42. The van der Waals surface area contributed by atoms with Crippen molar-refractivity contribution in [1.82, 2.24) is 10.6 Å². The van der Waals surface area contributed by atoms with Crippen LogP contribution in [0.2, 0.25) is 0 Å². The zero-order valence-electron chi connectivity index (χ0n) is 14.4. The van der Waals surface area contributed by atoms with E-state index in [1.54, 1.807) is 23.5 Å². The molecule has 1 heterocycles. The molecule has 0 saturated heterocycles. The van der Waals surface area contributed by atoms with Gasteiger partial charge in [0, 0.05) is 19.3 Å². The summed E-state index contributed by atoms with van der Waals surface area (Å²) in [5.74, 6) is 0.788. The monoisotopic (exact) mass is 493 g/mol. The van der Waals surface area contributed by atoms with Crippen molar-refractivity contribution in [2.75, 3.05) is 19.3 Å². The van der Waals surface area contributed by atoms with Crippen molar-refractivity contribution in [3.8, 4) is 0 Å². The SMILES string of the molecule is CCNC(=NCc1ccsc1)NCCc1ccc(S(C)(=O)=O)cc1.I. The highest BCUT2D eigenvalue weighted by atomic mass is 127. The first-order chi connectivity index (χ1) is 11.5. The molecule has 138 valence electrons. The van der Waals surface area contributed by atoms with Crippen LogP contribution in [0, 0.1) is 0 Å². The minimum absolute atomic E-state index is 0. The van der Waals surface area contributed by atoms with E-state index >= 15 is 0 Å². The van der Waals surface area contributed by atoms with Crippen molar-refractivity contribution in [2.45, 2.75) is 24.8 Å². The number of benzene rings is 1. The van der Waals surface area contributed by atoms with Gasteiger partial charge in [-0.15, -0.1) is 24.0 Å². The largest absolute Gasteiger partial charge is 0.357 e. The van der Waals surface area contributed by atoms with Crippen molar-refractivity contribution < 1.29 is 8.42 Å². The molecule has 0 unspecified atom stereocenters.